The first-order valence-corrected chi connectivity index (χ1v) is 6.88. The Bertz CT molecular complexity index is 506. The van der Waals surface area contributed by atoms with Crippen molar-refractivity contribution in [1.82, 2.24) is 5.32 Å². The Hall–Kier alpha value is -1.10. The number of hydrogen-bond acceptors (Lipinski definition) is 2. The zero-order chi connectivity index (χ0) is 15.1. The van der Waals surface area contributed by atoms with Crippen LogP contribution in [0, 0.1) is 11.7 Å². The minimum absolute atomic E-state index is 0.154. The number of nitrogens with zero attached hydrogens (tertiary/aromatic N) is 1. The van der Waals surface area contributed by atoms with E-state index in [9.17, 15) is 9.50 Å². The summed E-state index contributed by atoms with van der Waals surface area (Å²) in [6, 6.07) is 4.10. The van der Waals surface area contributed by atoms with Gasteiger partial charge >= 0.3 is 0 Å². The molecular weight excluding hydrogens is 302 g/mol. The van der Waals surface area contributed by atoms with Gasteiger partial charge in [-0.1, -0.05) is 30.1 Å². The smallest absolute Gasteiger partial charge is 0.129 e. The summed E-state index contributed by atoms with van der Waals surface area (Å²) in [5.74, 6) is -0.638. The highest BCUT2D eigenvalue weighted by atomic mass is 35.5. The number of rotatable bonds is 6. The highest BCUT2D eigenvalue weighted by Crippen LogP contribution is 2.30. The van der Waals surface area contributed by atoms with Gasteiger partial charge in [0, 0.05) is 28.9 Å². The molecule has 1 unspecified atom stereocenters. The lowest BCUT2D eigenvalue weighted by molar-refractivity contribution is 0.150. The van der Waals surface area contributed by atoms with Crippen molar-refractivity contribution in [3.63, 3.8) is 0 Å². The first kappa shape index (κ1) is 17.0. The van der Waals surface area contributed by atoms with Gasteiger partial charge in [0.1, 0.15) is 5.82 Å². The second-order valence-electron chi connectivity index (χ2n) is 4.40. The lowest BCUT2D eigenvalue weighted by Gasteiger charge is -2.16. The molecule has 1 aromatic carbocycles. The summed E-state index contributed by atoms with van der Waals surface area (Å²) in [7, 11) is 1.72. The molecule has 0 saturated carbocycles. The van der Waals surface area contributed by atoms with E-state index in [1.165, 1.54) is 30.7 Å². The van der Waals surface area contributed by atoms with Gasteiger partial charge < -0.3 is 10.4 Å². The molecule has 0 aliphatic rings. The number of aliphatic hydroxyl groups is 1. The molecular formula is C14H17Cl2FN2O. The molecule has 0 aliphatic carbocycles. The summed E-state index contributed by atoms with van der Waals surface area (Å²) in [5.41, 5.74) is 0.174. The monoisotopic (exact) mass is 318 g/mol. The number of benzene rings is 1. The van der Waals surface area contributed by atoms with Gasteiger partial charge in [-0.3, -0.25) is 0 Å². The molecule has 1 rings (SSSR count). The molecule has 0 fully saturated rings. The highest BCUT2D eigenvalue weighted by Gasteiger charge is 2.18. The molecule has 0 heterocycles. The van der Waals surface area contributed by atoms with Crippen LogP contribution in [0.5, 0.6) is 0 Å². The Morgan fingerprint density at radius 2 is 2.25 bits per heavy atom. The van der Waals surface area contributed by atoms with Crippen molar-refractivity contribution < 1.29 is 9.50 Å². The second-order valence-corrected chi connectivity index (χ2v) is 5.27. The van der Waals surface area contributed by atoms with Crippen LogP contribution in [-0.2, 0) is 0 Å². The van der Waals surface area contributed by atoms with Gasteiger partial charge in [0.05, 0.1) is 12.4 Å². The largest absolute Gasteiger partial charge is 0.388 e. The third kappa shape index (κ3) is 5.12. The Morgan fingerprint density at radius 3 is 2.90 bits per heavy atom. The predicted octanol–water partition coefficient (Wildman–Crippen LogP) is 3.87. The molecule has 0 amide bonds. The minimum Gasteiger partial charge on any atom is -0.388 e. The molecule has 3 nitrogen and oxygen atoms in total. The van der Waals surface area contributed by atoms with Gasteiger partial charge in [0.15, 0.2) is 0 Å². The van der Waals surface area contributed by atoms with Crippen molar-refractivity contribution in [3.05, 3.63) is 45.8 Å². The van der Waals surface area contributed by atoms with Gasteiger partial charge in [0.2, 0.25) is 0 Å². The van der Waals surface area contributed by atoms with Crippen LogP contribution in [0.15, 0.2) is 34.4 Å². The van der Waals surface area contributed by atoms with Gasteiger partial charge in [-0.15, -0.1) is 0 Å². The summed E-state index contributed by atoms with van der Waals surface area (Å²) in [4.78, 5) is 3.92. The lowest BCUT2D eigenvalue weighted by atomic mass is 9.97. The lowest BCUT2D eigenvalue weighted by Crippen LogP contribution is -2.07. The van der Waals surface area contributed by atoms with E-state index in [0.717, 1.165) is 0 Å². The predicted molar refractivity (Wildman–Crippen MR) is 81.6 cm³/mol. The highest BCUT2D eigenvalue weighted by molar-refractivity contribution is 6.30. The summed E-state index contributed by atoms with van der Waals surface area (Å²) in [5, 5.41) is 13.7. The minimum atomic E-state index is -0.973. The van der Waals surface area contributed by atoms with E-state index in [1.54, 1.807) is 7.05 Å². The summed E-state index contributed by atoms with van der Waals surface area (Å²) >= 11 is 11.9. The molecule has 2 N–H and O–H groups in total. The van der Waals surface area contributed by atoms with Crippen molar-refractivity contribution in [1.29, 1.82) is 0 Å². The molecule has 0 bridgehead atoms. The van der Waals surface area contributed by atoms with Gasteiger partial charge in [0.25, 0.3) is 0 Å². The molecule has 1 aromatic rings. The average Bonchev–Trinajstić information content (AvgIpc) is 2.41. The van der Waals surface area contributed by atoms with Crippen LogP contribution in [0.1, 0.15) is 25.0 Å². The van der Waals surface area contributed by atoms with Crippen molar-refractivity contribution in [3.8, 4) is 0 Å². The van der Waals surface area contributed by atoms with E-state index >= 15 is 0 Å². The molecule has 110 valence electrons. The topological polar surface area (TPSA) is 44.6 Å². The molecule has 2 atom stereocenters. The van der Waals surface area contributed by atoms with Gasteiger partial charge in [-0.05, 0) is 30.5 Å². The Labute approximate surface area is 128 Å². The van der Waals surface area contributed by atoms with Crippen LogP contribution in [0.25, 0.3) is 0 Å². The second kappa shape index (κ2) is 8.25. The summed E-state index contributed by atoms with van der Waals surface area (Å²) < 4.78 is 13.6. The van der Waals surface area contributed by atoms with Gasteiger partial charge in [-0.2, -0.15) is 0 Å². The first-order valence-electron chi connectivity index (χ1n) is 6.13. The quantitative estimate of drug-likeness (QED) is 0.617. The van der Waals surface area contributed by atoms with Crippen LogP contribution in [-0.4, -0.2) is 18.5 Å². The number of halogens is 3. The van der Waals surface area contributed by atoms with Crippen LogP contribution in [0.4, 0.5) is 4.39 Å². The van der Waals surface area contributed by atoms with E-state index in [0.29, 0.717) is 10.1 Å². The Kier molecular flexibility index (Phi) is 6.99. The average molecular weight is 319 g/mol. The maximum atomic E-state index is 13.6. The van der Waals surface area contributed by atoms with Crippen molar-refractivity contribution in [2.75, 3.05) is 7.05 Å². The van der Waals surface area contributed by atoms with Crippen LogP contribution in [0.3, 0.4) is 0 Å². The number of aliphatic imine (C=N–C) groups is 1. The molecule has 20 heavy (non-hydrogen) atoms. The maximum absolute atomic E-state index is 13.6. The van der Waals surface area contributed by atoms with Crippen molar-refractivity contribution in [2.24, 2.45) is 10.9 Å². The van der Waals surface area contributed by atoms with Crippen LogP contribution in [0.2, 0.25) is 5.02 Å². The summed E-state index contributed by atoms with van der Waals surface area (Å²) in [6.07, 6.45) is 2.28. The third-order valence-corrected chi connectivity index (χ3v) is 3.47. The third-order valence-electron chi connectivity index (χ3n) is 2.77. The summed E-state index contributed by atoms with van der Waals surface area (Å²) in [6.45, 7) is 1.83. The number of aliphatic hydroxyl groups excluding tert-OH is 1. The normalized spacial score (nSPS) is 15.4. The molecule has 0 saturated heterocycles. The van der Waals surface area contributed by atoms with Crippen LogP contribution >= 0.6 is 23.2 Å². The SMILES string of the molecule is CN/C=N\C=C(\Cl)[C@H](C)CC(O)c1cc(Cl)ccc1F. The van der Waals surface area contributed by atoms with E-state index in [-0.39, 0.29) is 17.9 Å². The zero-order valence-corrected chi connectivity index (χ0v) is 12.8. The van der Waals surface area contributed by atoms with E-state index in [1.807, 2.05) is 6.92 Å². The van der Waals surface area contributed by atoms with Crippen molar-refractivity contribution >= 4 is 29.5 Å². The van der Waals surface area contributed by atoms with Crippen LogP contribution < -0.4 is 5.32 Å². The number of hydrogen-bond donors (Lipinski definition) is 2. The molecule has 0 aromatic heterocycles. The van der Waals surface area contributed by atoms with E-state index < -0.39 is 11.9 Å². The first-order chi connectivity index (χ1) is 9.45. The van der Waals surface area contributed by atoms with Gasteiger partial charge in [-0.25, -0.2) is 9.38 Å². The Morgan fingerprint density at radius 1 is 1.55 bits per heavy atom. The zero-order valence-electron chi connectivity index (χ0n) is 11.3. The standard InChI is InChI=1S/C14H17Cl2FN2O/c1-9(12(16)7-19-8-18-2)5-14(20)11-6-10(15)3-4-13(11)17/h3-4,6-9,14,20H,5H2,1-2H3,(H,18,19)/b12-7+/t9-,14?/m1/s1. The fraction of sp³-hybridized carbons (Fsp3) is 0.357. The number of allylic oxidation sites excluding steroid dienone is 1. The molecule has 0 spiro atoms. The molecule has 0 aliphatic heterocycles. The number of nitrogens with one attached hydrogen (secondary N) is 1. The van der Waals surface area contributed by atoms with E-state index in [2.05, 4.69) is 10.3 Å². The fourth-order valence-electron chi connectivity index (χ4n) is 1.65. The van der Waals surface area contributed by atoms with Crippen molar-refractivity contribution in [2.45, 2.75) is 19.4 Å². The molecule has 0 radical (unpaired) electrons. The Balaban J connectivity index is 2.74. The molecule has 6 heteroatoms. The fourth-order valence-corrected chi connectivity index (χ4v) is 1.98. The maximum Gasteiger partial charge on any atom is 0.129 e. The van der Waals surface area contributed by atoms with E-state index in [4.69, 9.17) is 23.2 Å².